The average molecular weight is 378 g/mol. The summed E-state index contributed by atoms with van der Waals surface area (Å²) in [6.45, 7) is 1.87. The molecule has 0 aliphatic heterocycles. The second-order valence-corrected chi connectivity index (χ2v) is 7.82. The molecule has 0 amide bonds. The summed E-state index contributed by atoms with van der Waals surface area (Å²) in [7, 11) is -3.85. The van der Waals surface area contributed by atoms with E-state index in [0.717, 1.165) is 10.0 Å². The maximum absolute atomic E-state index is 12.7. The molecule has 0 saturated carbocycles. The van der Waals surface area contributed by atoms with Crippen molar-refractivity contribution in [1.29, 1.82) is 0 Å². The lowest BCUT2D eigenvalue weighted by Crippen LogP contribution is -2.16. The quantitative estimate of drug-likeness (QED) is 0.743. The number of hydrogen-bond acceptors (Lipinski definition) is 3. The number of aromatic amines is 1. The standard InChI is InChI=1S/C16H12BrNO3S/c1-10-2-5-12(6-3-10)22(20,21)15-9-18-14-7-4-11(17)8-13(14)16(15)19/h2-9H,1H3,(H,18,19). The Balaban J connectivity index is 2.27. The zero-order valence-electron chi connectivity index (χ0n) is 11.6. The number of nitrogens with one attached hydrogen (secondary N) is 1. The molecule has 0 atom stereocenters. The molecular formula is C16H12BrNO3S. The highest BCUT2D eigenvalue weighted by atomic mass is 79.9. The summed E-state index contributed by atoms with van der Waals surface area (Å²) in [5.41, 5.74) is 1.04. The Kier molecular flexibility index (Phi) is 3.66. The van der Waals surface area contributed by atoms with Crippen molar-refractivity contribution >= 4 is 36.7 Å². The molecule has 0 spiro atoms. The molecule has 0 unspecified atom stereocenters. The smallest absolute Gasteiger partial charge is 0.211 e. The Morgan fingerprint density at radius 2 is 1.73 bits per heavy atom. The Morgan fingerprint density at radius 1 is 1.05 bits per heavy atom. The molecule has 3 aromatic rings. The van der Waals surface area contributed by atoms with Crippen LogP contribution in [0, 0.1) is 6.92 Å². The second-order valence-electron chi connectivity index (χ2n) is 4.99. The number of pyridine rings is 1. The Hall–Kier alpha value is -1.92. The molecule has 3 rings (SSSR count). The molecule has 0 bridgehead atoms. The van der Waals surface area contributed by atoms with E-state index in [1.54, 1.807) is 30.3 Å². The fourth-order valence-electron chi connectivity index (χ4n) is 2.22. The fraction of sp³-hybridized carbons (Fsp3) is 0.0625. The van der Waals surface area contributed by atoms with Crippen molar-refractivity contribution in [3.8, 4) is 0 Å². The highest BCUT2D eigenvalue weighted by Gasteiger charge is 2.22. The molecule has 0 aliphatic carbocycles. The minimum absolute atomic E-state index is 0.109. The van der Waals surface area contributed by atoms with Gasteiger partial charge < -0.3 is 4.98 Å². The van der Waals surface area contributed by atoms with Crippen molar-refractivity contribution in [2.24, 2.45) is 0 Å². The highest BCUT2D eigenvalue weighted by Crippen LogP contribution is 2.21. The van der Waals surface area contributed by atoms with Crippen molar-refractivity contribution in [1.82, 2.24) is 4.98 Å². The molecule has 2 aromatic carbocycles. The summed E-state index contributed by atoms with van der Waals surface area (Å²) < 4.78 is 26.0. The predicted octanol–water partition coefficient (Wildman–Crippen LogP) is 3.43. The maximum Gasteiger partial charge on any atom is 0.211 e. The topological polar surface area (TPSA) is 67.0 Å². The summed E-state index contributed by atoms with van der Waals surface area (Å²) >= 11 is 3.29. The zero-order valence-corrected chi connectivity index (χ0v) is 14.0. The number of H-pyrrole nitrogens is 1. The minimum atomic E-state index is -3.85. The minimum Gasteiger partial charge on any atom is -0.360 e. The van der Waals surface area contributed by atoms with Gasteiger partial charge in [-0.05, 0) is 37.3 Å². The highest BCUT2D eigenvalue weighted by molar-refractivity contribution is 9.10. The molecule has 112 valence electrons. The van der Waals surface area contributed by atoms with Crippen LogP contribution in [0.3, 0.4) is 0 Å². The van der Waals surface area contributed by atoms with Gasteiger partial charge in [-0.25, -0.2) is 8.42 Å². The molecule has 1 aromatic heterocycles. The average Bonchev–Trinajstić information content (AvgIpc) is 2.48. The number of benzene rings is 2. The molecule has 22 heavy (non-hydrogen) atoms. The van der Waals surface area contributed by atoms with Crippen LogP contribution in [0.2, 0.25) is 0 Å². The van der Waals surface area contributed by atoms with Crippen molar-refractivity contribution in [2.75, 3.05) is 0 Å². The van der Waals surface area contributed by atoms with E-state index in [-0.39, 0.29) is 9.79 Å². The predicted molar refractivity (Wildman–Crippen MR) is 88.9 cm³/mol. The van der Waals surface area contributed by atoms with Gasteiger partial charge in [0.05, 0.1) is 4.90 Å². The lowest BCUT2D eigenvalue weighted by Gasteiger charge is -2.06. The van der Waals surface area contributed by atoms with Gasteiger partial charge in [0.25, 0.3) is 0 Å². The molecule has 0 aliphatic rings. The molecule has 6 heteroatoms. The van der Waals surface area contributed by atoms with E-state index in [9.17, 15) is 13.2 Å². The van der Waals surface area contributed by atoms with Crippen LogP contribution in [-0.4, -0.2) is 13.4 Å². The molecule has 0 fully saturated rings. The van der Waals surface area contributed by atoms with E-state index in [0.29, 0.717) is 10.9 Å². The Labute approximate surface area is 135 Å². The number of hydrogen-bond donors (Lipinski definition) is 1. The van der Waals surface area contributed by atoms with Gasteiger partial charge in [0, 0.05) is 21.6 Å². The Morgan fingerprint density at radius 3 is 2.41 bits per heavy atom. The van der Waals surface area contributed by atoms with Crippen LogP contribution >= 0.6 is 15.9 Å². The monoisotopic (exact) mass is 377 g/mol. The first-order chi connectivity index (χ1) is 10.4. The summed E-state index contributed by atoms with van der Waals surface area (Å²) in [6.07, 6.45) is 1.26. The van der Waals surface area contributed by atoms with Gasteiger partial charge >= 0.3 is 0 Å². The molecular weight excluding hydrogens is 366 g/mol. The van der Waals surface area contributed by atoms with Gasteiger partial charge in [-0.1, -0.05) is 33.6 Å². The van der Waals surface area contributed by atoms with Crippen LogP contribution in [0.5, 0.6) is 0 Å². The van der Waals surface area contributed by atoms with Crippen molar-refractivity contribution < 1.29 is 8.42 Å². The summed E-state index contributed by atoms with van der Waals surface area (Å²) in [5.74, 6) is 0. The number of sulfone groups is 1. The lowest BCUT2D eigenvalue weighted by atomic mass is 10.2. The zero-order chi connectivity index (χ0) is 15.9. The van der Waals surface area contributed by atoms with Crippen LogP contribution < -0.4 is 5.43 Å². The second kappa shape index (κ2) is 5.37. The van der Waals surface area contributed by atoms with Gasteiger partial charge in [-0.3, -0.25) is 4.79 Å². The maximum atomic E-state index is 12.7. The first-order valence-electron chi connectivity index (χ1n) is 6.52. The molecule has 0 radical (unpaired) electrons. The molecule has 1 heterocycles. The van der Waals surface area contributed by atoms with Crippen molar-refractivity contribution in [3.05, 3.63) is 68.9 Å². The van der Waals surface area contributed by atoms with Crippen LogP contribution in [0.1, 0.15) is 5.56 Å². The third kappa shape index (κ3) is 2.48. The van der Waals surface area contributed by atoms with Crippen LogP contribution in [0.15, 0.2) is 67.7 Å². The van der Waals surface area contributed by atoms with E-state index in [1.807, 2.05) is 6.92 Å². The summed E-state index contributed by atoms with van der Waals surface area (Å²) in [4.78, 5) is 15.3. The van der Waals surface area contributed by atoms with E-state index >= 15 is 0 Å². The molecule has 1 N–H and O–H groups in total. The number of fused-ring (bicyclic) bond motifs is 1. The van der Waals surface area contributed by atoms with Crippen LogP contribution in [0.4, 0.5) is 0 Å². The fourth-order valence-corrected chi connectivity index (χ4v) is 3.89. The molecule has 4 nitrogen and oxygen atoms in total. The van der Waals surface area contributed by atoms with Gasteiger partial charge in [0.15, 0.2) is 0 Å². The van der Waals surface area contributed by atoms with E-state index < -0.39 is 15.3 Å². The van der Waals surface area contributed by atoms with Crippen LogP contribution in [0.25, 0.3) is 10.9 Å². The third-order valence-electron chi connectivity index (χ3n) is 3.43. The summed E-state index contributed by atoms with van der Waals surface area (Å²) in [6, 6.07) is 11.6. The van der Waals surface area contributed by atoms with Crippen molar-refractivity contribution in [3.63, 3.8) is 0 Å². The van der Waals surface area contributed by atoms with E-state index in [2.05, 4.69) is 20.9 Å². The number of aryl methyl sites for hydroxylation is 1. The van der Waals surface area contributed by atoms with Gasteiger partial charge in [0.2, 0.25) is 15.3 Å². The lowest BCUT2D eigenvalue weighted by molar-refractivity contribution is 0.595. The van der Waals surface area contributed by atoms with Crippen molar-refractivity contribution in [2.45, 2.75) is 16.7 Å². The largest absolute Gasteiger partial charge is 0.360 e. The summed E-state index contributed by atoms with van der Waals surface area (Å²) in [5, 5.41) is 0.336. The number of halogens is 1. The number of rotatable bonds is 2. The van der Waals surface area contributed by atoms with Gasteiger partial charge in [-0.15, -0.1) is 0 Å². The van der Waals surface area contributed by atoms with Gasteiger partial charge in [-0.2, -0.15) is 0 Å². The normalized spacial score (nSPS) is 11.7. The van der Waals surface area contributed by atoms with E-state index in [4.69, 9.17) is 0 Å². The SMILES string of the molecule is Cc1ccc(S(=O)(=O)c2c[nH]c3ccc(Br)cc3c2=O)cc1. The first kappa shape index (κ1) is 15.0. The molecule has 0 saturated heterocycles. The van der Waals surface area contributed by atoms with Crippen LogP contribution in [-0.2, 0) is 9.84 Å². The van der Waals surface area contributed by atoms with E-state index in [1.165, 1.54) is 18.3 Å². The third-order valence-corrected chi connectivity index (χ3v) is 5.70. The first-order valence-corrected chi connectivity index (χ1v) is 8.80. The van der Waals surface area contributed by atoms with Gasteiger partial charge in [0.1, 0.15) is 4.90 Å². The Bertz CT molecular complexity index is 1020. The number of aromatic nitrogens is 1.